The number of rotatable bonds is 5. The predicted octanol–water partition coefficient (Wildman–Crippen LogP) is 2.72. The molecule has 2 aromatic rings. The van der Waals surface area contributed by atoms with E-state index in [-0.39, 0.29) is 11.6 Å². The summed E-state index contributed by atoms with van der Waals surface area (Å²) in [5.74, 6) is -2.13. The Hall–Kier alpha value is -2.51. The number of hydrogen-bond donors (Lipinski definition) is 1. The van der Waals surface area contributed by atoms with Gasteiger partial charge in [-0.15, -0.1) is 0 Å². The fraction of sp³-hybridized carbons (Fsp3) is 0.400. The lowest BCUT2D eigenvalue weighted by Gasteiger charge is -2.13. The molecule has 8 heteroatoms. The molecule has 1 aromatic carbocycles. The van der Waals surface area contributed by atoms with Crippen molar-refractivity contribution in [2.45, 2.75) is 31.7 Å². The number of halogens is 2. The van der Waals surface area contributed by atoms with Gasteiger partial charge in [0.2, 0.25) is 5.89 Å². The summed E-state index contributed by atoms with van der Waals surface area (Å²) in [6.07, 6.45) is 2.04. The molecule has 23 heavy (non-hydrogen) atoms. The highest BCUT2D eigenvalue weighted by Gasteiger charge is 2.30. The van der Waals surface area contributed by atoms with Gasteiger partial charge in [0.05, 0.1) is 7.11 Å². The molecular weight excluding hydrogens is 308 g/mol. The average Bonchev–Trinajstić information content (AvgIpc) is 3.26. The van der Waals surface area contributed by atoms with Crippen LogP contribution in [0.3, 0.4) is 0 Å². The van der Waals surface area contributed by atoms with Crippen LogP contribution in [0.15, 0.2) is 16.7 Å². The molecule has 1 amide bonds. The van der Waals surface area contributed by atoms with Gasteiger partial charge in [-0.05, 0) is 31.9 Å². The minimum absolute atomic E-state index is 0.0576. The Morgan fingerprint density at radius 1 is 1.43 bits per heavy atom. The van der Waals surface area contributed by atoms with Gasteiger partial charge in [-0.25, -0.2) is 8.78 Å². The van der Waals surface area contributed by atoms with Gasteiger partial charge in [-0.3, -0.25) is 4.79 Å². The Balaban J connectivity index is 1.79. The fourth-order valence-electron chi connectivity index (χ4n) is 2.18. The second-order valence-corrected chi connectivity index (χ2v) is 5.40. The van der Waals surface area contributed by atoms with E-state index >= 15 is 0 Å². The zero-order chi connectivity index (χ0) is 16.6. The molecule has 1 aliphatic carbocycles. The molecule has 1 N–H and O–H groups in total. The number of benzene rings is 1. The van der Waals surface area contributed by atoms with Crippen LogP contribution in [-0.2, 0) is 0 Å². The van der Waals surface area contributed by atoms with Crippen molar-refractivity contribution in [3.8, 4) is 5.75 Å². The summed E-state index contributed by atoms with van der Waals surface area (Å²) in [5.41, 5.74) is -0.499. The average molecular weight is 323 g/mol. The molecule has 0 spiro atoms. The van der Waals surface area contributed by atoms with Gasteiger partial charge in [-0.2, -0.15) is 4.98 Å². The predicted molar refractivity (Wildman–Crippen MR) is 75.1 cm³/mol. The maximum absolute atomic E-state index is 13.9. The van der Waals surface area contributed by atoms with E-state index in [0.717, 1.165) is 18.9 Å². The second kappa shape index (κ2) is 5.94. The van der Waals surface area contributed by atoms with Crippen LogP contribution in [0.25, 0.3) is 0 Å². The summed E-state index contributed by atoms with van der Waals surface area (Å²) in [6.45, 7) is 1.62. The van der Waals surface area contributed by atoms with Crippen LogP contribution in [-0.4, -0.2) is 23.2 Å². The summed E-state index contributed by atoms with van der Waals surface area (Å²) in [7, 11) is 1.27. The maximum Gasteiger partial charge on any atom is 0.258 e. The first-order valence-corrected chi connectivity index (χ1v) is 7.17. The van der Waals surface area contributed by atoms with Crippen molar-refractivity contribution in [3.63, 3.8) is 0 Å². The molecule has 0 aliphatic heterocycles. The quantitative estimate of drug-likeness (QED) is 0.915. The molecule has 0 bridgehead atoms. The smallest absolute Gasteiger partial charge is 0.258 e. The molecule has 1 fully saturated rings. The minimum Gasteiger partial charge on any atom is -0.496 e. The molecule has 122 valence electrons. The zero-order valence-corrected chi connectivity index (χ0v) is 12.6. The zero-order valence-electron chi connectivity index (χ0n) is 12.6. The highest BCUT2D eigenvalue weighted by Crippen LogP contribution is 2.38. The number of ether oxygens (including phenoxy) is 1. The fourth-order valence-corrected chi connectivity index (χ4v) is 2.18. The molecule has 6 nitrogen and oxygen atoms in total. The Labute approximate surface area is 130 Å². The van der Waals surface area contributed by atoms with Gasteiger partial charge in [-0.1, -0.05) is 5.16 Å². The third kappa shape index (κ3) is 3.01. The van der Waals surface area contributed by atoms with Crippen molar-refractivity contribution in [1.29, 1.82) is 0 Å². The highest BCUT2D eigenvalue weighted by molar-refractivity contribution is 5.97. The van der Waals surface area contributed by atoms with Crippen molar-refractivity contribution < 1.29 is 22.8 Å². The van der Waals surface area contributed by atoms with Gasteiger partial charge in [0.15, 0.2) is 17.5 Å². The Bertz CT molecular complexity index is 744. The lowest BCUT2D eigenvalue weighted by atomic mass is 10.1. The normalized spacial score (nSPS) is 15.3. The summed E-state index contributed by atoms with van der Waals surface area (Å²) in [5, 5.41) is 6.35. The van der Waals surface area contributed by atoms with Crippen LogP contribution < -0.4 is 10.1 Å². The molecule has 1 heterocycles. The van der Waals surface area contributed by atoms with Gasteiger partial charge < -0.3 is 14.6 Å². The van der Waals surface area contributed by atoms with E-state index in [4.69, 9.17) is 9.26 Å². The molecular formula is C15H15F2N3O3. The summed E-state index contributed by atoms with van der Waals surface area (Å²) in [6, 6.07) is 1.44. The van der Waals surface area contributed by atoms with E-state index in [0.29, 0.717) is 11.7 Å². The molecule has 0 unspecified atom stereocenters. The highest BCUT2D eigenvalue weighted by atomic mass is 19.2. The van der Waals surface area contributed by atoms with Crippen LogP contribution in [0, 0.1) is 11.6 Å². The van der Waals surface area contributed by atoms with Crippen molar-refractivity contribution >= 4 is 5.91 Å². The minimum atomic E-state index is -1.27. The third-order valence-electron chi connectivity index (χ3n) is 3.62. The monoisotopic (exact) mass is 323 g/mol. The maximum atomic E-state index is 13.9. The number of hydrogen-bond acceptors (Lipinski definition) is 5. The van der Waals surface area contributed by atoms with Crippen LogP contribution in [0.1, 0.15) is 53.8 Å². The lowest BCUT2D eigenvalue weighted by Crippen LogP contribution is -2.28. The van der Waals surface area contributed by atoms with Gasteiger partial charge in [0, 0.05) is 5.92 Å². The number of aromatic nitrogens is 2. The van der Waals surface area contributed by atoms with Crippen molar-refractivity contribution in [1.82, 2.24) is 15.5 Å². The standard InChI is InChI=1S/C15H15F2N3O3/c1-7(15-19-13(20-23-15)8-3-4-8)18-14(21)11-10(22-2)6-5-9(16)12(11)17/h5-8H,3-4H2,1-2H3,(H,18,21)/t7-/m1/s1. The first-order valence-electron chi connectivity index (χ1n) is 7.17. The van der Waals surface area contributed by atoms with E-state index in [1.54, 1.807) is 6.92 Å². The van der Waals surface area contributed by atoms with Gasteiger partial charge in [0.1, 0.15) is 17.4 Å². The molecule has 1 aliphatic rings. The first-order chi connectivity index (χ1) is 11.0. The summed E-state index contributed by atoms with van der Waals surface area (Å²) in [4.78, 5) is 16.5. The van der Waals surface area contributed by atoms with Crippen LogP contribution in [0.5, 0.6) is 5.75 Å². The van der Waals surface area contributed by atoms with Crippen LogP contribution in [0.2, 0.25) is 0 Å². The summed E-state index contributed by atoms with van der Waals surface area (Å²) >= 11 is 0. The van der Waals surface area contributed by atoms with Gasteiger partial charge in [0.25, 0.3) is 5.91 Å². The van der Waals surface area contributed by atoms with E-state index in [1.165, 1.54) is 13.2 Å². The largest absolute Gasteiger partial charge is 0.496 e. The molecule has 0 radical (unpaired) electrons. The van der Waals surface area contributed by atoms with Gasteiger partial charge >= 0.3 is 0 Å². The van der Waals surface area contributed by atoms with Crippen molar-refractivity contribution in [2.75, 3.05) is 7.11 Å². The van der Waals surface area contributed by atoms with Crippen LogP contribution >= 0.6 is 0 Å². The number of carbonyl (C=O) groups excluding carboxylic acids is 1. The van der Waals surface area contributed by atoms with Crippen molar-refractivity contribution in [2.24, 2.45) is 0 Å². The Morgan fingerprint density at radius 2 is 2.17 bits per heavy atom. The lowest BCUT2D eigenvalue weighted by molar-refractivity contribution is 0.0924. The number of methoxy groups -OCH3 is 1. The number of nitrogens with zero attached hydrogens (tertiary/aromatic N) is 2. The van der Waals surface area contributed by atoms with E-state index < -0.39 is 29.1 Å². The molecule has 1 saturated carbocycles. The SMILES string of the molecule is COc1ccc(F)c(F)c1C(=O)N[C@H](C)c1nc(C2CC2)no1. The van der Waals surface area contributed by atoms with Crippen molar-refractivity contribution in [3.05, 3.63) is 41.0 Å². The van der Waals surface area contributed by atoms with E-state index in [2.05, 4.69) is 15.5 Å². The molecule has 1 aromatic heterocycles. The van der Waals surface area contributed by atoms with E-state index in [1.807, 2.05) is 0 Å². The number of amides is 1. The first kappa shape index (κ1) is 15.4. The third-order valence-corrected chi connectivity index (χ3v) is 3.62. The topological polar surface area (TPSA) is 77.2 Å². The van der Waals surface area contributed by atoms with E-state index in [9.17, 15) is 13.6 Å². The Morgan fingerprint density at radius 3 is 2.83 bits per heavy atom. The van der Waals surface area contributed by atoms with Crippen LogP contribution in [0.4, 0.5) is 8.78 Å². The second-order valence-electron chi connectivity index (χ2n) is 5.40. The molecule has 0 saturated heterocycles. The molecule has 1 atom stereocenters. The number of carbonyl (C=O) groups is 1. The summed E-state index contributed by atoms with van der Waals surface area (Å²) < 4.78 is 37.3. The number of nitrogens with one attached hydrogen (secondary N) is 1. The Kier molecular flexibility index (Phi) is 3.97. The molecule has 3 rings (SSSR count).